The molecule has 0 saturated carbocycles. The molecule has 3 aromatic heterocycles. The summed E-state index contributed by atoms with van der Waals surface area (Å²) in [6.45, 7) is 3.13. The second-order valence-corrected chi connectivity index (χ2v) is 5.95. The minimum atomic E-state index is -0.194. The van der Waals surface area contributed by atoms with Gasteiger partial charge in [-0.05, 0) is 31.5 Å². The van der Waals surface area contributed by atoms with E-state index in [1.165, 1.54) is 0 Å². The van der Waals surface area contributed by atoms with Crippen molar-refractivity contribution in [3.05, 3.63) is 53.8 Å². The first-order chi connectivity index (χ1) is 11.7. The number of fused-ring (bicyclic) bond motifs is 1. The lowest BCUT2D eigenvalue weighted by molar-refractivity contribution is 0.0897. The Kier molecular flexibility index (Phi) is 3.64. The molecule has 1 aliphatic heterocycles. The van der Waals surface area contributed by atoms with Crippen molar-refractivity contribution in [1.82, 2.24) is 29.9 Å². The first-order valence-electron chi connectivity index (χ1n) is 7.95. The first-order valence-corrected chi connectivity index (χ1v) is 7.95. The van der Waals surface area contributed by atoms with Gasteiger partial charge in [0.25, 0.3) is 5.91 Å². The Morgan fingerprint density at radius 3 is 3.17 bits per heavy atom. The van der Waals surface area contributed by atoms with E-state index in [2.05, 4.69) is 25.2 Å². The maximum atomic E-state index is 12.4. The van der Waals surface area contributed by atoms with Crippen LogP contribution in [0.3, 0.4) is 0 Å². The minimum absolute atomic E-state index is 0.0550. The van der Waals surface area contributed by atoms with Crippen molar-refractivity contribution in [2.75, 3.05) is 0 Å². The smallest absolute Gasteiger partial charge is 0.287 e. The monoisotopic (exact) mass is 326 g/mol. The van der Waals surface area contributed by atoms with Gasteiger partial charge in [0.15, 0.2) is 5.76 Å². The Hall–Kier alpha value is -2.90. The number of rotatable bonds is 4. The van der Waals surface area contributed by atoms with Crippen LogP contribution in [0.5, 0.6) is 0 Å². The van der Waals surface area contributed by atoms with Gasteiger partial charge < -0.3 is 14.3 Å². The molecule has 24 heavy (non-hydrogen) atoms. The lowest BCUT2D eigenvalue weighted by Gasteiger charge is -2.24. The highest BCUT2D eigenvalue weighted by molar-refractivity contribution is 5.91. The van der Waals surface area contributed by atoms with Gasteiger partial charge in [0.2, 0.25) is 0 Å². The molecule has 1 atom stereocenters. The summed E-state index contributed by atoms with van der Waals surface area (Å²) in [4.78, 5) is 12.4. The molecule has 0 spiro atoms. The summed E-state index contributed by atoms with van der Waals surface area (Å²) in [6, 6.07) is 5.41. The van der Waals surface area contributed by atoms with Crippen LogP contribution in [0.15, 0.2) is 35.0 Å². The number of aromatic nitrogens is 5. The number of hydrogen-bond donors (Lipinski definition) is 1. The van der Waals surface area contributed by atoms with Gasteiger partial charge in [-0.25, -0.2) is 0 Å². The molecule has 3 aromatic rings. The SMILES string of the molecule is Cc1nnc2n1C[C@H](NC(=O)c1ccc(Cn3cccn3)o1)CC2. The van der Waals surface area contributed by atoms with E-state index in [1.807, 2.05) is 19.2 Å². The van der Waals surface area contributed by atoms with E-state index in [4.69, 9.17) is 4.42 Å². The van der Waals surface area contributed by atoms with Crippen LogP contribution >= 0.6 is 0 Å². The molecule has 0 aromatic carbocycles. The van der Waals surface area contributed by atoms with Crippen LogP contribution in [0.25, 0.3) is 0 Å². The number of amides is 1. The van der Waals surface area contributed by atoms with Crippen LogP contribution in [0.4, 0.5) is 0 Å². The van der Waals surface area contributed by atoms with E-state index in [1.54, 1.807) is 23.0 Å². The van der Waals surface area contributed by atoms with Crippen LogP contribution in [0, 0.1) is 6.92 Å². The summed E-state index contributed by atoms with van der Waals surface area (Å²) in [7, 11) is 0. The van der Waals surface area contributed by atoms with Crippen molar-refractivity contribution in [3.8, 4) is 0 Å². The summed E-state index contributed by atoms with van der Waals surface area (Å²) in [5, 5.41) is 15.4. The summed E-state index contributed by atoms with van der Waals surface area (Å²) in [5.41, 5.74) is 0. The molecule has 1 aliphatic rings. The third-order valence-electron chi connectivity index (χ3n) is 4.23. The minimum Gasteiger partial charge on any atom is -0.454 e. The molecule has 0 radical (unpaired) electrons. The predicted molar refractivity (Wildman–Crippen MR) is 84.4 cm³/mol. The lowest BCUT2D eigenvalue weighted by atomic mass is 10.1. The van der Waals surface area contributed by atoms with Crippen molar-refractivity contribution in [2.45, 2.75) is 38.9 Å². The summed E-state index contributed by atoms with van der Waals surface area (Å²) >= 11 is 0. The molecule has 4 heterocycles. The number of hydrogen-bond acceptors (Lipinski definition) is 5. The number of nitrogens with zero attached hydrogens (tertiary/aromatic N) is 5. The topological polar surface area (TPSA) is 90.8 Å². The molecule has 8 heteroatoms. The quantitative estimate of drug-likeness (QED) is 0.777. The standard InChI is InChI=1S/C16H18N6O2/c1-11-19-20-15-6-3-12(9-22(11)15)18-16(23)14-5-4-13(24-14)10-21-8-2-7-17-21/h2,4-5,7-8,12H,3,6,9-10H2,1H3,(H,18,23)/t12-/m1/s1. The Balaban J connectivity index is 1.40. The van der Waals surface area contributed by atoms with Gasteiger partial charge in [-0.15, -0.1) is 10.2 Å². The van der Waals surface area contributed by atoms with E-state index in [0.29, 0.717) is 24.6 Å². The third kappa shape index (κ3) is 2.82. The number of aryl methyl sites for hydroxylation is 2. The number of carbonyl (C=O) groups excluding carboxylic acids is 1. The fraction of sp³-hybridized carbons (Fsp3) is 0.375. The lowest BCUT2D eigenvalue weighted by Crippen LogP contribution is -2.41. The molecular formula is C16H18N6O2. The molecule has 0 aliphatic carbocycles. The Morgan fingerprint density at radius 1 is 1.42 bits per heavy atom. The summed E-state index contributed by atoms with van der Waals surface area (Å²) < 4.78 is 9.44. The van der Waals surface area contributed by atoms with Gasteiger partial charge in [-0.2, -0.15) is 5.10 Å². The average molecular weight is 326 g/mol. The molecule has 0 fully saturated rings. The van der Waals surface area contributed by atoms with Gasteiger partial charge in [-0.3, -0.25) is 9.48 Å². The van der Waals surface area contributed by atoms with E-state index >= 15 is 0 Å². The molecule has 1 N–H and O–H groups in total. The van der Waals surface area contributed by atoms with Crippen LogP contribution in [0.1, 0.15) is 34.4 Å². The Bertz CT molecular complexity index is 848. The first kappa shape index (κ1) is 14.7. The van der Waals surface area contributed by atoms with Gasteiger partial charge in [0, 0.05) is 31.4 Å². The highest BCUT2D eigenvalue weighted by atomic mass is 16.4. The second kappa shape index (κ2) is 5.95. The fourth-order valence-electron chi connectivity index (χ4n) is 2.98. The van der Waals surface area contributed by atoms with Crippen molar-refractivity contribution in [3.63, 3.8) is 0 Å². The van der Waals surface area contributed by atoms with Crippen LogP contribution < -0.4 is 5.32 Å². The Morgan fingerprint density at radius 2 is 2.33 bits per heavy atom. The van der Waals surface area contributed by atoms with Crippen molar-refractivity contribution < 1.29 is 9.21 Å². The van der Waals surface area contributed by atoms with Crippen LogP contribution in [0.2, 0.25) is 0 Å². The maximum absolute atomic E-state index is 12.4. The van der Waals surface area contributed by atoms with E-state index in [-0.39, 0.29) is 11.9 Å². The van der Waals surface area contributed by atoms with Crippen molar-refractivity contribution in [2.24, 2.45) is 0 Å². The zero-order chi connectivity index (χ0) is 16.5. The number of furan rings is 1. The van der Waals surface area contributed by atoms with E-state index in [9.17, 15) is 4.79 Å². The zero-order valence-electron chi connectivity index (χ0n) is 13.3. The highest BCUT2D eigenvalue weighted by Crippen LogP contribution is 2.16. The number of nitrogens with one attached hydrogen (secondary N) is 1. The van der Waals surface area contributed by atoms with Gasteiger partial charge in [0.05, 0.1) is 6.54 Å². The maximum Gasteiger partial charge on any atom is 0.287 e. The third-order valence-corrected chi connectivity index (χ3v) is 4.23. The number of carbonyl (C=O) groups is 1. The molecule has 8 nitrogen and oxygen atoms in total. The van der Waals surface area contributed by atoms with E-state index in [0.717, 1.165) is 24.5 Å². The predicted octanol–water partition coefficient (Wildman–Crippen LogP) is 1.17. The van der Waals surface area contributed by atoms with Gasteiger partial charge in [-0.1, -0.05) is 0 Å². The summed E-state index contributed by atoms with van der Waals surface area (Å²) in [5.74, 6) is 2.69. The second-order valence-electron chi connectivity index (χ2n) is 5.95. The van der Waals surface area contributed by atoms with Crippen LogP contribution in [-0.4, -0.2) is 36.5 Å². The van der Waals surface area contributed by atoms with E-state index < -0.39 is 0 Å². The molecule has 124 valence electrons. The van der Waals surface area contributed by atoms with Crippen molar-refractivity contribution >= 4 is 5.91 Å². The average Bonchev–Trinajstić information content (AvgIpc) is 3.31. The molecule has 0 unspecified atom stereocenters. The zero-order valence-corrected chi connectivity index (χ0v) is 13.3. The highest BCUT2D eigenvalue weighted by Gasteiger charge is 2.24. The Labute approximate surface area is 138 Å². The molecule has 1 amide bonds. The van der Waals surface area contributed by atoms with Crippen LogP contribution in [-0.2, 0) is 19.5 Å². The molecule has 0 bridgehead atoms. The fourth-order valence-corrected chi connectivity index (χ4v) is 2.98. The van der Waals surface area contributed by atoms with Gasteiger partial charge >= 0.3 is 0 Å². The molecule has 4 rings (SSSR count). The largest absolute Gasteiger partial charge is 0.454 e. The van der Waals surface area contributed by atoms with Gasteiger partial charge in [0.1, 0.15) is 17.4 Å². The molecular weight excluding hydrogens is 308 g/mol. The molecule has 0 saturated heterocycles. The normalized spacial score (nSPS) is 16.8. The summed E-state index contributed by atoms with van der Waals surface area (Å²) in [6.07, 6.45) is 5.23. The van der Waals surface area contributed by atoms with Crippen molar-refractivity contribution in [1.29, 1.82) is 0 Å².